The maximum atomic E-state index is 12.7. The van der Waals surface area contributed by atoms with Crippen molar-refractivity contribution in [3.63, 3.8) is 0 Å². The molecule has 1 aromatic carbocycles. The smallest absolute Gasteiger partial charge is 0.245 e. The molecule has 3 nitrogen and oxygen atoms in total. The van der Waals surface area contributed by atoms with Gasteiger partial charge in [0.25, 0.3) is 0 Å². The third-order valence-corrected chi connectivity index (χ3v) is 3.16. The minimum atomic E-state index is -6.36. The van der Waals surface area contributed by atoms with Gasteiger partial charge in [0.05, 0.1) is 0 Å². The van der Waals surface area contributed by atoms with Gasteiger partial charge in [-0.05, 0) is 12.5 Å². The van der Waals surface area contributed by atoms with Crippen molar-refractivity contribution >= 4 is 10.1 Å². The van der Waals surface area contributed by atoms with Crippen molar-refractivity contribution in [2.75, 3.05) is 0 Å². The first-order valence-electron chi connectivity index (χ1n) is 4.97. The van der Waals surface area contributed by atoms with E-state index in [1.54, 1.807) is 0 Å². The summed E-state index contributed by atoms with van der Waals surface area (Å²) in [6.45, 7) is 1.40. The summed E-state index contributed by atoms with van der Waals surface area (Å²) in [5, 5.41) is 0. The normalized spacial score (nSPS) is 15.2. The second-order valence-corrected chi connectivity index (χ2v) is 5.40. The molecule has 20 heavy (non-hydrogen) atoms. The van der Waals surface area contributed by atoms with Crippen LogP contribution in [0.4, 0.5) is 26.3 Å². The number of hydrogen-bond donors (Lipinski definition) is 0. The zero-order valence-electron chi connectivity index (χ0n) is 9.79. The number of halogens is 6. The van der Waals surface area contributed by atoms with Gasteiger partial charge in [0, 0.05) is 0 Å². The number of benzene rings is 1. The monoisotopic (exact) mass is 322 g/mol. The Bertz CT molecular complexity index is 575. The summed E-state index contributed by atoms with van der Waals surface area (Å²) < 4.78 is 99.2. The molecule has 1 atom stereocenters. The Balaban J connectivity index is 3.24. The molecule has 0 saturated carbocycles. The van der Waals surface area contributed by atoms with Crippen LogP contribution in [0, 0.1) is 6.92 Å². The van der Waals surface area contributed by atoms with Gasteiger partial charge in [0.1, 0.15) is 0 Å². The average Bonchev–Trinajstić information content (AvgIpc) is 2.22. The van der Waals surface area contributed by atoms with E-state index in [0.717, 1.165) is 18.2 Å². The van der Waals surface area contributed by atoms with Crippen LogP contribution in [0.3, 0.4) is 0 Å². The van der Waals surface area contributed by atoms with Gasteiger partial charge in [0.15, 0.2) is 6.10 Å². The Labute approximate surface area is 110 Å². The molecule has 0 aliphatic rings. The zero-order chi connectivity index (χ0) is 15.8. The fourth-order valence-electron chi connectivity index (χ4n) is 1.31. The minimum absolute atomic E-state index is 0.310. The molecule has 0 spiro atoms. The number of alkyl halides is 6. The maximum Gasteiger partial charge on any atom is 0.523 e. The van der Waals surface area contributed by atoms with Crippen LogP contribution in [-0.4, -0.2) is 20.1 Å². The van der Waals surface area contributed by atoms with Crippen molar-refractivity contribution in [3.8, 4) is 0 Å². The van der Waals surface area contributed by atoms with E-state index in [1.165, 1.54) is 13.0 Å². The van der Waals surface area contributed by atoms with E-state index >= 15 is 0 Å². The lowest BCUT2D eigenvalue weighted by atomic mass is 10.1. The van der Waals surface area contributed by atoms with Crippen molar-refractivity contribution < 1.29 is 38.9 Å². The summed E-state index contributed by atoms with van der Waals surface area (Å²) in [6, 6.07) is 4.27. The summed E-state index contributed by atoms with van der Waals surface area (Å²) in [4.78, 5) is 0. The van der Waals surface area contributed by atoms with Crippen LogP contribution in [0.1, 0.15) is 17.2 Å². The summed E-state index contributed by atoms with van der Waals surface area (Å²) in [6.07, 6.45) is -8.53. The topological polar surface area (TPSA) is 43.4 Å². The van der Waals surface area contributed by atoms with E-state index in [0.29, 0.717) is 5.56 Å². The fraction of sp³-hybridized carbons (Fsp3) is 0.400. The van der Waals surface area contributed by atoms with Gasteiger partial charge in [-0.3, -0.25) is 0 Å². The lowest BCUT2D eigenvalue weighted by Crippen LogP contribution is -2.32. The molecular weight excluding hydrogens is 314 g/mol. The maximum absolute atomic E-state index is 12.7. The first-order chi connectivity index (χ1) is 8.84. The van der Waals surface area contributed by atoms with Gasteiger partial charge in [-0.1, -0.05) is 29.8 Å². The minimum Gasteiger partial charge on any atom is -0.245 e. The highest BCUT2D eigenvalue weighted by atomic mass is 32.2. The van der Waals surface area contributed by atoms with Crippen LogP contribution < -0.4 is 0 Å². The van der Waals surface area contributed by atoms with E-state index < -0.39 is 33.5 Å². The molecule has 0 saturated heterocycles. The second-order valence-electron chi connectivity index (χ2n) is 3.83. The highest BCUT2D eigenvalue weighted by molar-refractivity contribution is 7.87. The molecule has 0 heterocycles. The number of hydrogen-bond acceptors (Lipinski definition) is 3. The van der Waals surface area contributed by atoms with Gasteiger partial charge in [-0.2, -0.15) is 34.8 Å². The number of rotatable bonds is 3. The van der Waals surface area contributed by atoms with Gasteiger partial charge in [-0.15, -0.1) is 0 Å². The van der Waals surface area contributed by atoms with Crippen LogP contribution in [0.25, 0.3) is 0 Å². The Hall–Kier alpha value is -1.29. The third-order valence-electron chi connectivity index (χ3n) is 2.15. The molecular formula is C10H8F6O3S. The molecule has 0 fully saturated rings. The van der Waals surface area contributed by atoms with Gasteiger partial charge < -0.3 is 0 Å². The van der Waals surface area contributed by atoms with Crippen LogP contribution in [0.5, 0.6) is 0 Å². The first-order valence-corrected chi connectivity index (χ1v) is 6.38. The molecule has 1 aromatic rings. The largest absolute Gasteiger partial charge is 0.523 e. The van der Waals surface area contributed by atoms with Crippen LogP contribution in [0.2, 0.25) is 0 Å². The molecule has 0 aromatic heterocycles. The predicted octanol–water partition coefficient (Wildman–Crippen LogP) is 3.46. The Morgan fingerprint density at radius 1 is 1.10 bits per heavy atom. The van der Waals surface area contributed by atoms with Crippen LogP contribution >= 0.6 is 0 Å². The molecule has 0 bridgehead atoms. The quantitative estimate of drug-likeness (QED) is 0.486. The lowest BCUT2D eigenvalue weighted by molar-refractivity contribution is -0.200. The molecule has 1 unspecified atom stereocenters. The fourth-order valence-corrected chi connectivity index (χ4v) is 1.90. The molecule has 0 aliphatic carbocycles. The molecule has 0 radical (unpaired) electrons. The van der Waals surface area contributed by atoms with Crippen molar-refractivity contribution in [2.24, 2.45) is 0 Å². The molecule has 0 N–H and O–H groups in total. The van der Waals surface area contributed by atoms with E-state index in [9.17, 15) is 34.8 Å². The molecule has 0 aliphatic heterocycles. The Morgan fingerprint density at radius 3 is 2.05 bits per heavy atom. The van der Waals surface area contributed by atoms with Crippen molar-refractivity contribution in [1.29, 1.82) is 0 Å². The highest BCUT2D eigenvalue weighted by Crippen LogP contribution is 2.40. The highest BCUT2D eigenvalue weighted by Gasteiger charge is 2.53. The van der Waals surface area contributed by atoms with Crippen LogP contribution in [-0.2, 0) is 14.3 Å². The third kappa shape index (κ3) is 3.85. The molecule has 10 heteroatoms. The van der Waals surface area contributed by atoms with Crippen LogP contribution in [0.15, 0.2) is 24.3 Å². The van der Waals surface area contributed by atoms with E-state index in [1.807, 2.05) is 0 Å². The second kappa shape index (κ2) is 5.24. The lowest BCUT2D eigenvalue weighted by Gasteiger charge is -2.21. The Kier molecular flexibility index (Phi) is 4.39. The number of aryl methyl sites for hydroxylation is 1. The molecule has 114 valence electrons. The molecule has 1 rings (SSSR count). The standard InChI is InChI=1S/C10H8F6O3S/c1-6-3-2-4-7(5-6)8(9(11,12)13)19-20(17,18)10(14,15)16/h2-5,8H,1H3. The summed E-state index contributed by atoms with van der Waals surface area (Å²) in [5.41, 5.74) is -6.35. The Morgan fingerprint density at radius 2 is 1.65 bits per heavy atom. The van der Waals surface area contributed by atoms with Gasteiger partial charge >= 0.3 is 21.8 Å². The van der Waals surface area contributed by atoms with E-state index in [4.69, 9.17) is 0 Å². The van der Waals surface area contributed by atoms with Gasteiger partial charge in [-0.25, -0.2) is 4.18 Å². The SMILES string of the molecule is Cc1cccc(C(OS(=O)(=O)C(F)(F)F)C(F)(F)F)c1. The zero-order valence-corrected chi connectivity index (χ0v) is 10.6. The van der Waals surface area contributed by atoms with Crippen molar-refractivity contribution in [1.82, 2.24) is 0 Å². The predicted molar refractivity (Wildman–Crippen MR) is 56.0 cm³/mol. The molecule has 0 amide bonds. The first kappa shape index (κ1) is 16.8. The summed E-state index contributed by atoms with van der Waals surface area (Å²) >= 11 is 0. The summed E-state index contributed by atoms with van der Waals surface area (Å²) in [7, 11) is -6.36. The summed E-state index contributed by atoms with van der Waals surface area (Å²) in [5.74, 6) is 0. The van der Waals surface area contributed by atoms with E-state index in [-0.39, 0.29) is 0 Å². The van der Waals surface area contributed by atoms with Crippen molar-refractivity contribution in [3.05, 3.63) is 35.4 Å². The van der Waals surface area contributed by atoms with E-state index in [2.05, 4.69) is 4.18 Å². The average molecular weight is 322 g/mol. The van der Waals surface area contributed by atoms with Gasteiger partial charge in [0.2, 0.25) is 0 Å². The van der Waals surface area contributed by atoms with Crippen molar-refractivity contribution in [2.45, 2.75) is 24.7 Å².